The van der Waals surface area contributed by atoms with Crippen LogP contribution in [-0.2, 0) is 4.79 Å². The monoisotopic (exact) mass is 424 g/mol. The number of hydrogen-bond donors (Lipinski definition) is 2. The number of carbonyl (C=O) groups excluding carboxylic acids is 2. The molecule has 1 atom stereocenters. The number of hydrogen-bond acceptors (Lipinski definition) is 4. The molecule has 154 valence electrons. The fourth-order valence-electron chi connectivity index (χ4n) is 2.63. The van der Waals surface area contributed by atoms with Gasteiger partial charge in [-0.25, -0.2) is 4.39 Å². The van der Waals surface area contributed by atoms with E-state index in [2.05, 4.69) is 10.6 Å². The van der Waals surface area contributed by atoms with Crippen molar-refractivity contribution in [1.29, 1.82) is 0 Å². The lowest BCUT2D eigenvalue weighted by molar-refractivity contribution is -0.115. The predicted molar refractivity (Wildman–Crippen MR) is 118 cm³/mol. The van der Waals surface area contributed by atoms with Gasteiger partial charge in [0.05, 0.1) is 12.4 Å². The number of halogens is 1. The van der Waals surface area contributed by atoms with E-state index in [4.69, 9.17) is 4.74 Å². The van der Waals surface area contributed by atoms with Crippen molar-refractivity contribution in [3.63, 3.8) is 0 Å². The van der Waals surface area contributed by atoms with E-state index < -0.39 is 0 Å². The lowest BCUT2D eigenvalue weighted by atomic mass is 10.2. The lowest BCUT2D eigenvalue weighted by Gasteiger charge is -2.13. The second kappa shape index (κ2) is 9.93. The molecule has 0 aliphatic carbocycles. The Bertz CT molecular complexity index is 1020. The highest BCUT2D eigenvalue weighted by Gasteiger charge is 2.15. The molecule has 7 heteroatoms. The summed E-state index contributed by atoms with van der Waals surface area (Å²) >= 11 is 1.36. The third-order valence-electron chi connectivity index (χ3n) is 4.24. The number of benzene rings is 3. The van der Waals surface area contributed by atoms with E-state index in [0.717, 1.165) is 4.90 Å². The molecule has 0 aromatic heterocycles. The van der Waals surface area contributed by atoms with Gasteiger partial charge in [-0.3, -0.25) is 9.59 Å². The molecule has 0 saturated heterocycles. The maximum Gasteiger partial charge on any atom is 0.255 e. The zero-order valence-electron chi connectivity index (χ0n) is 16.5. The quantitative estimate of drug-likeness (QED) is 0.511. The van der Waals surface area contributed by atoms with Crippen molar-refractivity contribution in [2.45, 2.75) is 17.1 Å². The molecule has 5 nitrogen and oxygen atoms in total. The minimum Gasteiger partial charge on any atom is -0.497 e. The number of methoxy groups -OCH3 is 1. The Hall–Kier alpha value is -3.32. The second-order valence-corrected chi connectivity index (χ2v) is 7.88. The van der Waals surface area contributed by atoms with Gasteiger partial charge in [-0.15, -0.1) is 11.8 Å². The van der Waals surface area contributed by atoms with Crippen molar-refractivity contribution in [2.75, 3.05) is 17.7 Å². The minimum absolute atomic E-state index is 0.195. The predicted octanol–water partition coefficient (Wildman–Crippen LogP) is 5.21. The van der Waals surface area contributed by atoms with Gasteiger partial charge >= 0.3 is 0 Å². The summed E-state index contributed by atoms with van der Waals surface area (Å²) in [5, 5.41) is 5.23. The van der Waals surface area contributed by atoms with E-state index in [0.29, 0.717) is 22.7 Å². The van der Waals surface area contributed by atoms with Crippen LogP contribution in [0.1, 0.15) is 17.3 Å². The number of amides is 2. The van der Waals surface area contributed by atoms with Crippen LogP contribution in [0.25, 0.3) is 0 Å². The highest BCUT2D eigenvalue weighted by Crippen LogP contribution is 2.27. The molecule has 3 aromatic rings. The highest BCUT2D eigenvalue weighted by atomic mass is 32.2. The van der Waals surface area contributed by atoms with Gasteiger partial charge in [0.15, 0.2) is 0 Å². The van der Waals surface area contributed by atoms with E-state index in [9.17, 15) is 14.0 Å². The van der Waals surface area contributed by atoms with Crippen molar-refractivity contribution < 1.29 is 18.7 Å². The maximum absolute atomic E-state index is 13.0. The van der Waals surface area contributed by atoms with Crippen molar-refractivity contribution in [2.24, 2.45) is 0 Å². The SMILES string of the molecule is COc1ccc(C(=O)Nc2cccc(SC(C)C(=O)Nc3ccc(F)cc3)c2)cc1. The molecule has 0 spiro atoms. The normalized spacial score (nSPS) is 11.4. The summed E-state index contributed by atoms with van der Waals surface area (Å²) in [5.74, 6) is -0.108. The molecule has 0 fully saturated rings. The zero-order valence-corrected chi connectivity index (χ0v) is 17.3. The smallest absolute Gasteiger partial charge is 0.255 e. The molecule has 2 N–H and O–H groups in total. The van der Waals surface area contributed by atoms with E-state index in [1.54, 1.807) is 44.4 Å². The summed E-state index contributed by atoms with van der Waals surface area (Å²) in [4.78, 5) is 25.7. The van der Waals surface area contributed by atoms with Crippen molar-refractivity contribution >= 4 is 35.0 Å². The van der Waals surface area contributed by atoms with Gasteiger partial charge in [0.2, 0.25) is 5.91 Å². The fraction of sp³-hybridized carbons (Fsp3) is 0.130. The maximum atomic E-state index is 13.0. The van der Waals surface area contributed by atoms with E-state index >= 15 is 0 Å². The Balaban J connectivity index is 1.60. The first-order chi connectivity index (χ1) is 14.4. The molecule has 0 aliphatic heterocycles. The third kappa shape index (κ3) is 5.84. The van der Waals surface area contributed by atoms with Gasteiger partial charge < -0.3 is 15.4 Å². The molecule has 1 unspecified atom stereocenters. The Kier molecular flexibility index (Phi) is 7.08. The summed E-state index contributed by atoms with van der Waals surface area (Å²) in [7, 11) is 1.57. The molecule has 2 amide bonds. The topological polar surface area (TPSA) is 67.4 Å². The highest BCUT2D eigenvalue weighted by molar-refractivity contribution is 8.00. The number of ether oxygens (including phenoxy) is 1. The molecule has 0 saturated carbocycles. The number of nitrogens with one attached hydrogen (secondary N) is 2. The Labute approximate surface area is 178 Å². The molecule has 0 heterocycles. The molecule has 3 aromatic carbocycles. The van der Waals surface area contributed by atoms with Crippen LogP contribution in [0.5, 0.6) is 5.75 Å². The molecule has 30 heavy (non-hydrogen) atoms. The van der Waals surface area contributed by atoms with Gasteiger partial charge in [-0.1, -0.05) is 6.07 Å². The third-order valence-corrected chi connectivity index (χ3v) is 5.33. The van der Waals surface area contributed by atoms with Gasteiger partial charge in [-0.2, -0.15) is 0 Å². The van der Waals surface area contributed by atoms with E-state index in [1.807, 2.05) is 18.2 Å². The minimum atomic E-state index is -0.386. The average molecular weight is 424 g/mol. The summed E-state index contributed by atoms with van der Waals surface area (Å²) in [6, 6.07) is 19.7. The van der Waals surface area contributed by atoms with E-state index in [1.165, 1.54) is 36.0 Å². The molecular weight excluding hydrogens is 403 g/mol. The van der Waals surface area contributed by atoms with Crippen LogP contribution in [0.15, 0.2) is 77.7 Å². The van der Waals surface area contributed by atoms with Crippen molar-refractivity contribution in [1.82, 2.24) is 0 Å². The first-order valence-electron chi connectivity index (χ1n) is 9.23. The summed E-state index contributed by atoms with van der Waals surface area (Å²) in [5.41, 5.74) is 1.68. The zero-order chi connectivity index (χ0) is 21.5. The molecule has 0 radical (unpaired) electrons. The number of anilines is 2. The van der Waals surface area contributed by atoms with Crippen LogP contribution in [0.2, 0.25) is 0 Å². The standard InChI is InChI=1S/C23H21FN2O3S/c1-15(22(27)25-18-10-8-17(24)9-11-18)30-21-5-3-4-19(14-21)26-23(28)16-6-12-20(29-2)13-7-16/h3-15H,1-2H3,(H,25,27)(H,26,28). The number of carbonyl (C=O) groups is 2. The first kappa shape index (κ1) is 21.4. The molecule has 0 bridgehead atoms. The first-order valence-corrected chi connectivity index (χ1v) is 10.1. The Morgan fingerprint density at radius 2 is 1.63 bits per heavy atom. The van der Waals surface area contributed by atoms with E-state index in [-0.39, 0.29) is 22.9 Å². The van der Waals surface area contributed by atoms with Crippen molar-refractivity contribution in [3.05, 3.63) is 84.2 Å². The molecule has 0 aliphatic rings. The van der Waals surface area contributed by atoms with Crippen LogP contribution in [0.4, 0.5) is 15.8 Å². The lowest BCUT2D eigenvalue weighted by Crippen LogP contribution is -2.22. The number of thioether (sulfide) groups is 1. The molecule has 3 rings (SSSR count). The van der Waals surface area contributed by atoms with Gasteiger partial charge in [0, 0.05) is 21.8 Å². The van der Waals surface area contributed by atoms with Crippen LogP contribution in [0.3, 0.4) is 0 Å². The second-order valence-electron chi connectivity index (χ2n) is 6.47. The Morgan fingerprint density at radius 1 is 0.933 bits per heavy atom. The van der Waals surface area contributed by atoms with Gasteiger partial charge in [0.25, 0.3) is 5.91 Å². The van der Waals surface area contributed by atoms with Gasteiger partial charge in [0.1, 0.15) is 11.6 Å². The number of rotatable bonds is 7. The van der Waals surface area contributed by atoms with Crippen LogP contribution in [0, 0.1) is 5.82 Å². The Morgan fingerprint density at radius 3 is 2.30 bits per heavy atom. The summed E-state index contributed by atoms with van der Waals surface area (Å²) in [6.07, 6.45) is 0. The van der Waals surface area contributed by atoms with Crippen molar-refractivity contribution in [3.8, 4) is 5.75 Å². The average Bonchev–Trinajstić information content (AvgIpc) is 2.75. The fourth-order valence-corrected chi connectivity index (χ4v) is 3.55. The van der Waals surface area contributed by atoms with Crippen LogP contribution >= 0.6 is 11.8 Å². The van der Waals surface area contributed by atoms with Crippen LogP contribution < -0.4 is 15.4 Å². The summed E-state index contributed by atoms with van der Waals surface area (Å²) < 4.78 is 18.1. The van der Waals surface area contributed by atoms with Crippen LogP contribution in [-0.4, -0.2) is 24.2 Å². The largest absolute Gasteiger partial charge is 0.497 e. The molecular formula is C23H21FN2O3S. The van der Waals surface area contributed by atoms with Gasteiger partial charge in [-0.05, 0) is 73.7 Å². The summed E-state index contributed by atoms with van der Waals surface area (Å²) in [6.45, 7) is 1.78.